The van der Waals surface area contributed by atoms with Crippen LogP contribution in [0.4, 0.5) is 4.79 Å². The molecule has 0 spiro atoms. The summed E-state index contributed by atoms with van der Waals surface area (Å²) in [6.45, 7) is 8.64. The van der Waals surface area contributed by atoms with Crippen LogP contribution in [0.2, 0.25) is 0 Å². The second-order valence-electron chi connectivity index (χ2n) is 7.82. The molecular formula is C19H30N2O3S. The first kappa shape index (κ1) is 19.8. The highest BCUT2D eigenvalue weighted by atomic mass is 32.2. The number of sulfone groups is 1. The minimum Gasteiger partial charge on any atom is -0.338 e. The fraction of sp³-hybridized carbons (Fsp3) is 0.632. The Morgan fingerprint density at radius 2 is 1.96 bits per heavy atom. The van der Waals surface area contributed by atoms with Gasteiger partial charge in [-0.3, -0.25) is 0 Å². The van der Waals surface area contributed by atoms with Gasteiger partial charge < -0.3 is 10.6 Å². The van der Waals surface area contributed by atoms with Crippen LogP contribution in [0.5, 0.6) is 0 Å². The lowest BCUT2D eigenvalue weighted by Gasteiger charge is -2.31. The van der Waals surface area contributed by atoms with Crippen LogP contribution in [0, 0.1) is 5.92 Å². The summed E-state index contributed by atoms with van der Waals surface area (Å²) in [5.74, 6) is 0.824. The summed E-state index contributed by atoms with van der Waals surface area (Å²) in [6, 6.07) is 7.87. The summed E-state index contributed by atoms with van der Waals surface area (Å²) in [5, 5.41) is 5.88. The molecule has 25 heavy (non-hydrogen) atoms. The lowest BCUT2D eigenvalue weighted by molar-refractivity contribution is 0.227. The molecule has 1 aliphatic rings. The van der Waals surface area contributed by atoms with Crippen molar-refractivity contribution in [3.8, 4) is 0 Å². The predicted molar refractivity (Wildman–Crippen MR) is 101 cm³/mol. The molecule has 2 amide bonds. The van der Waals surface area contributed by atoms with Gasteiger partial charge >= 0.3 is 6.03 Å². The molecule has 1 fully saturated rings. The van der Waals surface area contributed by atoms with Crippen molar-refractivity contribution in [3.63, 3.8) is 0 Å². The third-order valence-corrected chi connectivity index (χ3v) is 6.68. The van der Waals surface area contributed by atoms with Gasteiger partial charge in [-0.15, -0.1) is 0 Å². The van der Waals surface area contributed by atoms with Gasteiger partial charge in [-0.05, 0) is 49.7 Å². The van der Waals surface area contributed by atoms with Crippen molar-refractivity contribution in [1.82, 2.24) is 10.6 Å². The molecule has 0 radical (unpaired) electrons. The van der Waals surface area contributed by atoms with Gasteiger partial charge in [-0.25, -0.2) is 13.2 Å². The largest absolute Gasteiger partial charge is 0.338 e. The zero-order valence-corrected chi connectivity index (χ0v) is 16.4. The molecule has 2 N–H and O–H groups in total. The van der Waals surface area contributed by atoms with Crippen molar-refractivity contribution < 1.29 is 13.2 Å². The molecule has 6 heteroatoms. The average molecular weight is 367 g/mol. The molecule has 1 heterocycles. The van der Waals surface area contributed by atoms with Crippen molar-refractivity contribution in [2.45, 2.75) is 52.0 Å². The topological polar surface area (TPSA) is 75.3 Å². The molecule has 1 atom stereocenters. The Balaban J connectivity index is 1.97. The number of nitrogens with one attached hydrogen (secondary N) is 2. The highest BCUT2D eigenvalue weighted by molar-refractivity contribution is 7.91. The van der Waals surface area contributed by atoms with Gasteiger partial charge in [0.05, 0.1) is 17.0 Å². The highest BCUT2D eigenvalue weighted by Crippen LogP contribution is 2.28. The molecule has 1 aromatic carbocycles. The summed E-state index contributed by atoms with van der Waals surface area (Å²) < 4.78 is 23.4. The van der Waals surface area contributed by atoms with Crippen molar-refractivity contribution in [1.29, 1.82) is 0 Å². The normalized spacial score (nSPS) is 20.3. The van der Waals surface area contributed by atoms with E-state index in [0.29, 0.717) is 18.9 Å². The summed E-state index contributed by atoms with van der Waals surface area (Å²) in [5.41, 5.74) is 1.80. The summed E-state index contributed by atoms with van der Waals surface area (Å²) in [7, 11) is -2.94. The fourth-order valence-electron chi connectivity index (χ4n) is 3.48. The molecule has 5 nitrogen and oxygen atoms in total. The minimum atomic E-state index is -2.94. The van der Waals surface area contributed by atoms with Crippen molar-refractivity contribution >= 4 is 15.9 Å². The number of carbonyl (C=O) groups excluding carboxylic acids is 1. The molecule has 2 rings (SSSR count). The van der Waals surface area contributed by atoms with E-state index in [1.807, 2.05) is 32.0 Å². The molecule has 0 aromatic heterocycles. The van der Waals surface area contributed by atoms with E-state index in [9.17, 15) is 13.2 Å². The Morgan fingerprint density at radius 3 is 2.60 bits per heavy atom. The van der Waals surface area contributed by atoms with Gasteiger partial charge in [0.25, 0.3) is 0 Å². The van der Waals surface area contributed by atoms with Gasteiger partial charge in [-0.2, -0.15) is 0 Å². The van der Waals surface area contributed by atoms with Gasteiger partial charge in [0, 0.05) is 6.54 Å². The van der Waals surface area contributed by atoms with E-state index in [1.165, 1.54) is 5.56 Å². The molecule has 1 aliphatic heterocycles. The van der Waals surface area contributed by atoms with Crippen LogP contribution < -0.4 is 10.6 Å². The van der Waals surface area contributed by atoms with E-state index in [1.54, 1.807) is 0 Å². The van der Waals surface area contributed by atoms with Crippen LogP contribution >= 0.6 is 0 Å². The van der Waals surface area contributed by atoms with Crippen LogP contribution in [0.1, 0.15) is 57.6 Å². The summed E-state index contributed by atoms with van der Waals surface area (Å²) in [6.07, 6.45) is 1.53. The summed E-state index contributed by atoms with van der Waals surface area (Å²) >= 11 is 0. The van der Waals surface area contributed by atoms with Crippen molar-refractivity contribution in [2.24, 2.45) is 5.92 Å². The predicted octanol–water partition coefficient (Wildman–Crippen LogP) is 3.17. The van der Waals surface area contributed by atoms with Crippen molar-refractivity contribution in [2.75, 3.05) is 18.1 Å². The van der Waals surface area contributed by atoms with Gasteiger partial charge in [0.1, 0.15) is 0 Å². The molecule has 0 bridgehead atoms. The number of carbonyl (C=O) groups is 1. The van der Waals surface area contributed by atoms with Gasteiger partial charge in [-0.1, -0.05) is 38.1 Å². The second kappa shape index (κ2) is 7.77. The SMILES string of the molecule is CC(C)c1ccccc1C(C)(C)NC(=O)NCC1CCCS(=O)(=O)C1. The number of hydrogen-bond acceptors (Lipinski definition) is 3. The lowest BCUT2D eigenvalue weighted by atomic mass is 9.85. The minimum absolute atomic E-state index is 0.00978. The number of amides is 2. The summed E-state index contributed by atoms with van der Waals surface area (Å²) in [4.78, 5) is 12.3. The van der Waals surface area contributed by atoms with Crippen LogP contribution in [0.25, 0.3) is 0 Å². The Morgan fingerprint density at radius 1 is 1.28 bits per heavy atom. The zero-order valence-electron chi connectivity index (χ0n) is 15.6. The number of hydrogen-bond donors (Lipinski definition) is 2. The first-order valence-corrected chi connectivity index (χ1v) is 10.8. The zero-order chi connectivity index (χ0) is 18.7. The van der Waals surface area contributed by atoms with Gasteiger partial charge in [0.15, 0.2) is 9.84 Å². The standard InChI is InChI=1S/C19H30N2O3S/c1-14(2)16-9-5-6-10-17(16)19(3,4)21-18(22)20-12-15-8-7-11-25(23,24)13-15/h5-6,9-10,14-15H,7-8,11-13H2,1-4H3,(H2,20,21,22). The van der Waals surface area contributed by atoms with E-state index in [0.717, 1.165) is 12.0 Å². The van der Waals surface area contributed by atoms with E-state index in [4.69, 9.17) is 0 Å². The smallest absolute Gasteiger partial charge is 0.315 e. The van der Waals surface area contributed by atoms with Crippen LogP contribution in [-0.2, 0) is 15.4 Å². The molecule has 1 aromatic rings. The first-order valence-electron chi connectivity index (χ1n) is 8.96. The van der Waals surface area contributed by atoms with E-state index in [-0.39, 0.29) is 23.5 Å². The maximum atomic E-state index is 12.3. The Bertz CT molecular complexity index is 711. The quantitative estimate of drug-likeness (QED) is 0.840. The van der Waals surface area contributed by atoms with Gasteiger partial charge in [0.2, 0.25) is 0 Å². The first-order chi connectivity index (χ1) is 11.6. The monoisotopic (exact) mass is 366 g/mol. The van der Waals surface area contributed by atoms with Crippen LogP contribution in [-0.4, -0.2) is 32.5 Å². The van der Waals surface area contributed by atoms with E-state index in [2.05, 4.69) is 30.5 Å². The maximum absolute atomic E-state index is 12.3. The second-order valence-corrected chi connectivity index (χ2v) is 10.1. The molecular weight excluding hydrogens is 336 g/mol. The third-order valence-electron chi connectivity index (χ3n) is 4.79. The highest BCUT2D eigenvalue weighted by Gasteiger charge is 2.28. The number of rotatable bonds is 5. The lowest BCUT2D eigenvalue weighted by Crippen LogP contribution is -2.48. The number of benzene rings is 1. The van der Waals surface area contributed by atoms with Crippen LogP contribution in [0.3, 0.4) is 0 Å². The number of urea groups is 1. The molecule has 1 saturated heterocycles. The Labute approximate surface area is 151 Å². The van der Waals surface area contributed by atoms with Crippen LogP contribution in [0.15, 0.2) is 24.3 Å². The molecule has 140 valence electrons. The maximum Gasteiger partial charge on any atom is 0.315 e. The third kappa shape index (κ3) is 5.46. The van der Waals surface area contributed by atoms with E-state index < -0.39 is 15.4 Å². The van der Waals surface area contributed by atoms with E-state index >= 15 is 0 Å². The fourth-order valence-corrected chi connectivity index (χ4v) is 5.26. The molecule has 1 unspecified atom stereocenters. The average Bonchev–Trinajstić information content (AvgIpc) is 2.51. The Hall–Kier alpha value is -1.56. The van der Waals surface area contributed by atoms with Crippen molar-refractivity contribution in [3.05, 3.63) is 35.4 Å². The molecule has 0 aliphatic carbocycles. The Kier molecular flexibility index (Phi) is 6.14. The molecule has 0 saturated carbocycles.